The number of unbranched alkanes of at least 4 members (excludes halogenated alkanes) is 21. The third-order valence-corrected chi connectivity index (χ3v) is 16.6. The van der Waals surface area contributed by atoms with E-state index in [2.05, 4.69) is 104 Å². The summed E-state index contributed by atoms with van der Waals surface area (Å²) in [5, 5.41) is 120. The van der Waals surface area contributed by atoms with Gasteiger partial charge < -0.3 is 89.9 Å². The molecule has 0 bridgehead atoms. The molecule has 518 valence electrons. The first-order valence-corrected chi connectivity index (χ1v) is 34.5. The largest absolute Gasteiger partial charge is 0.394 e. The highest BCUT2D eigenvalue weighted by Gasteiger charge is 2.53. The van der Waals surface area contributed by atoms with Gasteiger partial charge in [-0.2, -0.15) is 0 Å². The number of hydrogen-bond donors (Lipinski definition) is 12. The third kappa shape index (κ3) is 33.7. The van der Waals surface area contributed by atoms with Gasteiger partial charge in [-0.05, 0) is 89.9 Å². The van der Waals surface area contributed by atoms with Crippen molar-refractivity contribution in [1.82, 2.24) is 5.32 Å². The molecule has 3 fully saturated rings. The molecule has 0 radical (unpaired) electrons. The molecular weight excluding hydrogens is 1150 g/mol. The van der Waals surface area contributed by atoms with Crippen molar-refractivity contribution in [2.45, 2.75) is 317 Å². The summed E-state index contributed by atoms with van der Waals surface area (Å²) >= 11 is 0. The van der Waals surface area contributed by atoms with Crippen LogP contribution in [0.5, 0.6) is 0 Å². The highest BCUT2D eigenvalue weighted by atomic mass is 16.8. The van der Waals surface area contributed by atoms with E-state index in [0.717, 1.165) is 89.9 Å². The van der Waals surface area contributed by atoms with Crippen molar-refractivity contribution in [3.8, 4) is 0 Å². The van der Waals surface area contributed by atoms with E-state index < -0.39 is 124 Å². The quantitative estimate of drug-likeness (QED) is 0.0200. The minimum atomic E-state index is -1.99. The van der Waals surface area contributed by atoms with Crippen molar-refractivity contribution in [1.29, 1.82) is 0 Å². The predicted octanol–water partition coefficient (Wildman–Crippen LogP) is 8.88. The molecule has 0 aromatic rings. The van der Waals surface area contributed by atoms with E-state index in [4.69, 9.17) is 28.4 Å². The highest BCUT2D eigenvalue weighted by Crippen LogP contribution is 2.33. The van der Waals surface area contributed by atoms with Gasteiger partial charge in [0.25, 0.3) is 0 Å². The number of amides is 1. The van der Waals surface area contributed by atoms with Crippen LogP contribution in [0.15, 0.2) is 97.2 Å². The van der Waals surface area contributed by atoms with E-state index in [9.17, 15) is 61.0 Å². The van der Waals surface area contributed by atoms with Gasteiger partial charge in [-0.15, -0.1) is 0 Å². The molecule has 3 rings (SSSR count). The standard InChI is InChI=1S/C71H121NO18/c1-3-5-7-9-11-13-15-17-19-21-23-24-25-26-27-28-29-30-31-33-35-37-39-41-43-45-47-49-59(77)72-54(55(76)48-46-44-42-40-38-36-34-32-22-20-18-16-14-12-10-8-6-4-2)53-85-69-65(83)62(80)67(57(51-74)87-69)90-71-66(84)63(81)68(58(52-75)88-71)89-70-64(82)61(79)60(78)56(50-73)86-70/h5,7,11,13,17,19,22-24,26-27,32,38,40,46,48,54-58,60-71,73-76,78-84H,3-4,6,8-10,12,14-16,18,20-21,25,28-31,33-37,39,41-45,47,49-53H2,1-2H3,(H,72,77)/b7-5-,13-11-,19-17-,24-23-,27-26-,32-22+,40-38+,48-46+. The minimum absolute atomic E-state index is 0.222. The Morgan fingerprint density at radius 3 is 1.24 bits per heavy atom. The van der Waals surface area contributed by atoms with Gasteiger partial charge in [0, 0.05) is 6.42 Å². The fourth-order valence-electron chi connectivity index (χ4n) is 11.0. The van der Waals surface area contributed by atoms with Crippen LogP contribution in [0.1, 0.15) is 213 Å². The summed E-state index contributed by atoms with van der Waals surface area (Å²) in [6.07, 6.45) is 40.9. The lowest BCUT2D eigenvalue weighted by Crippen LogP contribution is -2.66. The number of aliphatic hydroxyl groups excluding tert-OH is 11. The number of allylic oxidation sites excluding steroid dienone is 15. The maximum atomic E-state index is 13.4. The summed E-state index contributed by atoms with van der Waals surface area (Å²) in [6, 6.07) is -1.00. The SMILES string of the molecule is CC/C=C\C/C=C\C/C=C\C/C=C\C/C=C\CCCCCCCCCCCCCC(=O)NC(COC1OC(CO)C(OC2OC(CO)C(OC3OC(CO)C(O)C(O)C3O)C(O)C2O)C(O)C1O)C(O)/C=C/CC/C=C/CC/C=C/CCCCCCCCCC. The monoisotopic (exact) mass is 1280 g/mol. The van der Waals surface area contributed by atoms with E-state index >= 15 is 0 Å². The van der Waals surface area contributed by atoms with E-state index in [-0.39, 0.29) is 18.9 Å². The Balaban J connectivity index is 1.45. The Bertz CT molecular complexity index is 2010. The average molecular weight is 1280 g/mol. The molecule has 12 N–H and O–H groups in total. The number of hydrogen-bond acceptors (Lipinski definition) is 18. The smallest absolute Gasteiger partial charge is 0.220 e. The van der Waals surface area contributed by atoms with E-state index in [1.807, 2.05) is 6.08 Å². The van der Waals surface area contributed by atoms with Crippen molar-refractivity contribution in [2.75, 3.05) is 26.4 Å². The highest BCUT2D eigenvalue weighted by molar-refractivity contribution is 5.76. The normalized spacial score (nSPS) is 28.7. The first-order valence-electron chi connectivity index (χ1n) is 34.5. The first kappa shape index (κ1) is 80.9. The third-order valence-electron chi connectivity index (χ3n) is 16.6. The fourth-order valence-corrected chi connectivity index (χ4v) is 11.0. The number of rotatable bonds is 51. The molecule has 19 heteroatoms. The van der Waals surface area contributed by atoms with Crippen LogP contribution in [0.3, 0.4) is 0 Å². The van der Waals surface area contributed by atoms with Crippen LogP contribution in [0.2, 0.25) is 0 Å². The summed E-state index contributed by atoms with van der Waals surface area (Å²) in [6.45, 7) is 1.57. The maximum Gasteiger partial charge on any atom is 0.220 e. The second-order valence-corrected chi connectivity index (χ2v) is 24.2. The predicted molar refractivity (Wildman–Crippen MR) is 351 cm³/mol. The molecule has 3 aliphatic rings. The van der Waals surface area contributed by atoms with E-state index in [0.29, 0.717) is 12.8 Å². The van der Waals surface area contributed by atoms with E-state index in [1.165, 1.54) is 89.9 Å². The number of ether oxygens (including phenoxy) is 6. The first-order chi connectivity index (χ1) is 43.8. The lowest BCUT2D eigenvalue weighted by Gasteiger charge is -2.48. The minimum Gasteiger partial charge on any atom is -0.394 e. The summed E-state index contributed by atoms with van der Waals surface area (Å²) in [4.78, 5) is 13.4. The zero-order valence-electron chi connectivity index (χ0n) is 54.6. The zero-order valence-corrected chi connectivity index (χ0v) is 54.6. The molecule has 17 atom stereocenters. The molecule has 3 heterocycles. The lowest BCUT2D eigenvalue weighted by atomic mass is 9.96. The number of carbonyl (C=O) groups excluding carboxylic acids is 1. The Labute approximate surface area is 539 Å². The van der Waals surface area contributed by atoms with E-state index in [1.54, 1.807) is 6.08 Å². The van der Waals surface area contributed by atoms with Gasteiger partial charge in [-0.25, -0.2) is 0 Å². The summed E-state index contributed by atoms with van der Waals surface area (Å²) in [7, 11) is 0. The lowest BCUT2D eigenvalue weighted by molar-refractivity contribution is -0.379. The number of nitrogens with one attached hydrogen (secondary N) is 1. The summed E-state index contributed by atoms with van der Waals surface area (Å²) in [5.41, 5.74) is 0. The topological polar surface area (TPSA) is 307 Å². The Morgan fingerprint density at radius 1 is 0.411 bits per heavy atom. The van der Waals surface area contributed by atoms with Crippen LogP contribution in [-0.4, -0.2) is 193 Å². The summed E-state index contributed by atoms with van der Waals surface area (Å²) < 4.78 is 34.3. The number of aliphatic hydroxyl groups is 11. The number of carbonyl (C=O) groups is 1. The van der Waals surface area contributed by atoms with Gasteiger partial charge in [0.1, 0.15) is 73.2 Å². The maximum absolute atomic E-state index is 13.4. The Hall–Kier alpha value is -3.29. The van der Waals surface area contributed by atoms with Crippen molar-refractivity contribution in [3.05, 3.63) is 97.2 Å². The van der Waals surface area contributed by atoms with Crippen molar-refractivity contribution < 1.29 is 89.4 Å². The molecule has 19 nitrogen and oxygen atoms in total. The Kier molecular flexibility index (Phi) is 46.8. The second-order valence-electron chi connectivity index (χ2n) is 24.2. The van der Waals surface area contributed by atoms with Crippen LogP contribution in [-0.2, 0) is 33.2 Å². The molecule has 90 heavy (non-hydrogen) atoms. The molecule has 0 aromatic heterocycles. The molecule has 0 saturated carbocycles. The van der Waals surface area contributed by atoms with Gasteiger partial charge in [0.15, 0.2) is 18.9 Å². The van der Waals surface area contributed by atoms with Crippen LogP contribution in [0.4, 0.5) is 0 Å². The molecule has 0 spiro atoms. The van der Waals surface area contributed by atoms with Crippen LogP contribution < -0.4 is 5.32 Å². The molecule has 1 amide bonds. The molecule has 3 saturated heterocycles. The molecule has 17 unspecified atom stereocenters. The Morgan fingerprint density at radius 2 is 0.778 bits per heavy atom. The molecule has 0 aliphatic carbocycles. The zero-order chi connectivity index (χ0) is 65.4. The van der Waals surface area contributed by atoms with Crippen molar-refractivity contribution in [2.24, 2.45) is 0 Å². The van der Waals surface area contributed by atoms with Crippen LogP contribution >= 0.6 is 0 Å². The van der Waals surface area contributed by atoms with Gasteiger partial charge in [0.2, 0.25) is 5.91 Å². The van der Waals surface area contributed by atoms with Crippen molar-refractivity contribution >= 4 is 5.91 Å². The van der Waals surface area contributed by atoms with Gasteiger partial charge in [-0.1, -0.05) is 214 Å². The fraction of sp³-hybridized carbons (Fsp3) is 0.761. The molecular formula is C71H121NO18. The second kappa shape index (κ2) is 52.0. The summed E-state index contributed by atoms with van der Waals surface area (Å²) in [5.74, 6) is -0.297. The molecule has 3 aliphatic heterocycles. The van der Waals surface area contributed by atoms with Gasteiger partial charge in [-0.3, -0.25) is 4.79 Å². The van der Waals surface area contributed by atoms with Gasteiger partial charge >= 0.3 is 0 Å². The van der Waals surface area contributed by atoms with Crippen LogP contribution in [0, 0.1) is 0 Å². The van der Waals surface area contributed by atoms with Gasteiger partial charge in [0.05, 0.1) is 38.6 Å². The average Bonchev–Trinajstić information content (AvgIpc) is 0.866. The van der Waals surface area contributed by atoms with Crippen LogP contribution in [0.25, 0.3) is 0 Å². The molecule has 0 aromatic carbocycles. The van der Waals surface area contributed by atoms with Crippen molar-refractivity contribution in [3.63, 3.8) is 0 Å².